The van der Waals surface area contributed by atoms with Crippen molar-refractivity contribution in [1.29, 1.82) is 0 Å². The lowest BCUT2D eigenvalue weighted by molar-refractivity contribution is -0.0763. The summed E-state index contributed by atoms with van der Waals surface area (Å²) >= 11 is 0. The van der Waals surface area contributed by atoms with Crippen LogP contribution < -0.4 is 0 Å². The third-order valence-electron chi connectivity index (χ3n) is 19.6. The average molecular weight is 1050 g/mol. The van der Waals surface area contributed by atoms with E-state index in [9.17, 15) is 0 Å². The molecule has 0 saturated heterocycles. The third-order valence-corrected chi connectivity index (χ3v) is 19.6. The molecule has 0 heterocycles. The molecule has 0 amide bonds. The molecular formula is C75H152. The summed E-state index contributed by atoms with van der Waals surface area (Å²) in [5, 5.41) is 0. The molecule has 0 aliphatic carbocycles. The van der Waals surface area contributed by atoms with E-state index in [0.717, 1.165) is 5.92 Å². The summed E-state index contributed by atoms with van der Waals surface area (Å²) < 4.78 is 0. The topological polar surface area (TPSA) is 0 Å². The minimum atomic E-state index is 0.531. The summed E-state index contributed by atoms with van der Waals surface area (Å²) in [7, 11) is 0. The van der Waals surface area contributed by atoms with Gasteiger partial charge in [0.05, 0.1) is 0 Å². The maximum Gasteiger partial charge on any atom is -0.0213 e. The highest BCUT2D eigenvalue weighted by Gasteiger charge is 2.52. The van der Waals surface area contributed by atoms with E-state index in [1.54, 1.807) is 44.9 Å². The number of unbranched alkanes of at least 4 members (excludes halogenated alkanes) is 51. The second kappa shape index (κ2) is 61.6. The second-order valence-corrected chi connectivity index (χ2v) is 26.5. The molecule has 0 N–H and O–H groups in total. The Kier molecular flexibility index (Phi) is 61.6. The summed E-state index contributed by atoms with van der Waals surface area (Å²) in [6.07, 6.45) is 96.6. The van der Waals surface area contributed by atoms with Gasteiger partial charge in [-0.1, -0.05) is 421 Å². The van der Waals surface area contributed by atoms with Gasteiger partial charge in [-0.05, 0) is 61.7 Å². The Bertz CT molecular complexity index is 1010. The van der Waals surface area contributed by atoms with Gasteiger partial charge in [0.25, 0.3) is 0 Å². The molecule has 0 aromatic heterocycles. The van der Waals surface area contributed by atoms with E-state index in [1.165, 1.54) is 372 Å². The molecule has 0 nitrogen and oxygen atoms in total. The summed E-state index contributed by atoms with van der Waals surface area (Å²) in [5.41, 5.74) is 1.06. The summed E-state index contributed by atoms with van der Waals surface area (Å²) in [6.45, 7) is 16.8. The number of hydrogen-bond donors (Lipinski definition) is 0. The molecule has 0 fully saturated rings. The average Bonchev–Trinajstić information content (AvgIpc) is 3.42. The van der Waals surface area contributed by atoms with Crippen molar-refractivity contribution in [1.82, 2.24) is 0 Å². The normalized spacial score (nSPS) is 14.0. The zero-order chi connectivity index (χ0) is 54.5. The van der Waals surface area contributed by atoms with Crippen LogP contribution in [0.5, 0.6) is 0 Å². The molecule has 0 bridgehead atoms. The van der Waals surface area contributed by atoms with Crippen LogP contribution in [-0.4, -0.2) is 0 Å². The van der Waals surface area contributed by atoms with Crippen LogP contribution in [0.1, 0.15) is 466 Å². The second-order valence-electron chi connectivity index (χ2n) is 26.5. The standard InChI is InChI=1S/C75H152/c1-8-15-22-29-35-40-42-46-51-56-63-70-74(68-61-54-49-44-38-32-25-18-11-4,69-62-55-50-45-41-36-30-23-16-9-2)75(71-64-57-48-34-27-20-13-6,72-65-58-52-39-33-26-19-12-5)73(66-59-28-21-14-7)67-60-53-47-43-37-31-24-17-10-3/h73H,8-72H2,1-7H3. The first-order valence-corrected chi connectivity index (χ1v) is 37.1. The Morgan fingerprint density at radius 2 is 0.307 bits per heavy atom. The van der Waals surface area contributed by atoms with Crippen LogP contribution in [0.4, 0.5) is 0 Å². The molecule has 0 rings (SSSR count). The Balaban J connectivity index is 7.37. The molecule has 0 saturated carbocycles. The van der Waals surface area contributed by atoms with Crippen LogP contribution >= 0.6 is 0 Å². The van der Waals surface area contributed by atoms with Crippen molar-refractivity contribution in [2.24, 2.45) is 16.7 Å². The molecule has 0 spiro atoms. The lowest BCUT2D eigenvalue weighted by atomic mass is 9.47. The van der Waals surface area contributed by atoms with Gasteiger partial charge in [-0.2, -0.15) is 0 Å². The van der Waals surface area contributed by atoms with Crippen molar-refractivity contribution in [2.75, 3.05) is 0 Å². The predicted molar refractivity (Wildman–Crippen MR) is 348 cm³/mol. The van der Waals surface area contributed by atoms with E-state index >= 15 is 0 Å². The van der Waals surface area contributed by atoms with Crippen molar-refractivity contribution in [2.45, 2.75) is 466 Å². The zero-order valence-corrected chi connectivity index (χ0v) is 54.5. The largest absolute Gasteiger partial charge is 0.0654 e. The first-order chi connectivity index (χ1) is 37.1. The van der Waals surface area contributed by atoms with Crippen molar-refractivity contribution < 1.29 is 0 Å². The summed E-state index contributed by atoms with van der Waals surface area (Å²) in [6, 6.07) is 0. The molecule has 452 valence electrons. The van der Waals surface area contributed by atoms with Gasteiger partial charge in [0.15, 0.2) is 0 Å². The van der Waals surface area contributed by atoms with E-state index in [1.807, 2.05) is 0 Å². The first-order valence-electron chi connectivity index (χ1n) is 37.1. The number of hydrogen-bond acceptors (Lipinski definition) is 0. The van der Waals surface area contributed by atoms with Crippen LogP contribution in [-0.2, 0) is 0 Å². The van der Waals surface area contributed by atoms with E-state index in [2.05, 4.69) is 48.5 Å². The Hall–Kier alpha value is 0. The summed E-state index contributed by atoms with van der Waals surface area (Å²) in [4.78, 5) is 0. The first kappa shape index (κ1) is 75.0. The number of rotatable bonds is 67. The minimum Gasteiger partial charge on any atom is -0.0654 e. The molecule has 3 atom stereocenters. The lowest BCUT2D eigenvalue weighted by Crippen LogP contribution is -2.48. The Morgan fingerprint density at radius 3 is 0.507 bits per heavy atom. The smallest absolute Gasteiger partial charge is 0.0213 e. The maximum atomic E-state index is 2.46. The van der Waals surface area contributed by atoms with Gasteiger partial charge in [-0.25, -0.2) is 0 Å². The van der Waals surface area contributed by atoms with Gasteiger partial charge in [-0.15, -0.1) is 0 Å². The fourth-order valence-electron chi connectivity index (χ4n) is 14.7. The van der Waals surface area contributed by atoms with Gasteiger partial charge in [0.2, 0.25) is 0 Å². The van der Waals surface area contributed by atoms with E-state index in [0.29, 0.717) is 10.8 Å². The quantitative estimate of drug-likeness (QED) is 0.0533. The highest BCUT2D eigenvalue weighted by Crippen LogP contribution is 2.62. The predicted octanol–water partition coefficient (Wildman–Crippen LogP) is 29.1. The molecule has 0 radical (unpaired) electrons. The maximum absolute atomic E-state index is 2.46. The molecule has 75 heavy (non-hydrogen) atoms. The van der Waals surface area contributed by atoms with Gasteiger partial charge in [0.1, 0.15) is 0 Å². The minimum absolute atomic E-state index is 0.531. The van der Waals surface area contributed by atoms with Gasteiger partial charge in [-0.3, -0.25) is 0 Å². The van der Waals surface area contributed by atoms with Crippen molar-refractivity contribution in [3.05, 3.63) is 0 Å². The fraction of sp³-hybridized carbons (Fsp3) is 1.00. The lowest BCUT2D eigenvalue weighted by Gasteiger charge is -2.57. The molecule has 0 aromatic carbocycles. The van der Waals surface area contributed by atoms with Crippen molar-refractivity contribution >= 4 is 0 Å². The van der Waals surface area contributed by atoms with Crippen LogP contribution in [0, 0.1) is 16.7 Å². The molecule has 0 heteroatoms. The van der Waals surface area contributed by atoms with Crippen LogP contribution in [0.25, 0.3) is 0 Å². The van der Waals surface area contributed by atoms with Crippen molar-refractivity contribution in [3.8, 4) is 0 Å². The Labute approximate surface area is 480 Å². The van der Waals surface area contributed by atoms with E-state index in [4.69, 9.17) is 0 Å². The fourth-order valence-corrected chi connectivity index (χ4v) is 14.7. The highest BCUT2D eigenvalue weighted by atomic mass is 14.6. The van der Waals surface area contributed by atoms with Crippen LogP contribution in [0.15, 0.2) is 0 Å². The Morgan fingerprint density at radius 1 is 0.160 bits per heavy atom. The van der Waals surface area contributed by atoms with Gasteiger partial charge >= 0.3 is 0 Å². The summed E-state index contributed by atoms with van der Waals surface area (Å²) in [5.74, 6) is 0.943. The molecule has 3 unspecified atom stereocenters. The van der Waals surface area contributed by atoms with E-state index in [-0.39, 0.29) is 0 Å². The van der Waals surface area contributed by atoms with Gasteiger partial charge < -0.3 is 0 Å². The highest BCUT2D eigenvalue weighted by molar-refractivity contribution is 5.02. The third kappa shape index (κ3) is 45.3. The van der Waals surface area contributed by atoms with Crippen LogP contribution in [0.2, 0.25) is 0 Å². The van der Waals surface area contributed by atoms with Crippen LogP contribution in [0.3, 0.4) is 0 Å². The monoisotopic (exact) mass is 1050 g/mol. The zero-order valence-electron chi connectivity index (χ0n) is 54.5. The molecule has 0 aliphatic heterocycles. The molecule has 0 aliphatic rings. The van der Waals surface area contributed by atoms with Gasteiger partial charge in [0, 0.05) is 0 Å². The molecular weight excluding hydrogens is 901 g/mol. The van der Waals surface area contributed by atoms with Crippen molar-refractivity contribution in [3.63, 3.8) is 0 Å². The SMILES string of the molecule is CCCCCCCCCCCCCC(CCCCCCCCCCC)(CCCCCCCCCCCC)C(CCCCCCCCC)(CCCCCCCCCC)C(CCCCCC)CCCCCCCCCCC. The molecule has 0 aromatic rings. The van der Waals surface area contributed by atoms with E-state index < -0.39 is 0 Å².